The van der Waals surface area contributed by atoms with Gasteiger partial charge in [0.25, 0.3) is 17.7 Å². The highest BCUT2D eigenvalue weighted by Gasteiger charge is 2.25. The zero-order valence-electron chi connectivity index (χ0n) is 31.5. The largest absolute Gasteiger partial charge is 0.480 e. The minimum Gasteiger partial charge on any atom is -0.480 e. The summed E-state index contributed by atoms with van der Waals surface area (Å²) in [6.45, 7) is -0.548. The van der Waals surface area contributed by atoms with Crippen LogP contribution in [0.4, 0.5) is 17.2 Å². The van der Waals surface area contributed by atoms with Gasteiger partial charge in [0, 0.05) is 70.5 Å². The molecule has 0 fully saturated rings. The van der Waals surface area contributed by atoms with Crippen LogP contribution in [0.15, 0.2) is 30.6 Å². The fourth-order valence-electron chi connectivity index (χ4n) is 4.96. The SMILES string of the molecule is Cn1cc(NC(=O)c2cc(NC(=O)c3cc(NC(=O)C(Cl)CSCC(NC(=O)CCC(N)C(=O)O)C(=O)NCC(=O)O)nn3C)cn2C)cc1C(=O)NCCC(=N)N. The molecule has 0 radical (unpaired) electrons. The van der Waals surface area contributed by atoms with Gasteiger partial charge in [-0.2, -0.15) is 16.9 Å². The van der Waals surface area contributed by atoms with Crippen LogP contribution < -0.4 is 43.4 Å². The molecule has 6 amide bonds. The van der Waals surface area contributed by atoms with E-state index in [1.807, 2.05) is 0 Å². The number of nitrogens with zero attached hydrogens (tertiary/aromatic N) is 4. The lowest BCUT2D eigenvalue weighted by Gasteiger charge is -2.19. The number of aryl methyl sites for hydroxylation is 3. The number of carbonyl (C=O) groups is 8. The summed E-state index contributed by atoms with van der Waals surface area (Å²) in [5, 5.41) is 43.1. The third kappa shape index (κ3) is 14.0. The van der Waals surface area contributed by atoms with Gasteiger partial charge in [-0.15, -0.1) is 11.6 Å². The number of alkyl halides is 1. The number of carboxylic acids is 2. The van der Waals surface area contributed by atoms with Gasteiger partial charge in [0.05, 0.1) is 17.2 Å². The number of carboxylic acid groups (broad SMARTS) is 2. The quantitative estimate of drug-likeness (QED) is 0.0322. The van der Waals surface area contributed by atoms with E-state index in [2.05, 4.69) is 37.0 Å². The smallest absolute Gasteiger partial charge is 0.322 e. The first-order valence-electron chi connectivity index (χ1n) is 17.2. The first-order valence-corrected chi connectivity index (χ1v) is 18.7. The molecule has 0 saturated heterocycles. The van der Waals surface area contributed by atoms with Crippen LogP contribution in [0.1, 0.15) is 50.7 Å². The fourth-order valence-corrected chi connectivity index (χ4v) is 6.25. The second-order valence-electron chi connectivity index (χ2n) is 12.6. The fraction of sp³-hybridized carbons (Fsp3) is 0.394. The molecule has 3 aromatic heterocycles. The Hall–Kier alpha value is -6.40. The van der Waals surface area contributed by atoms with E-state index in [0.29, 0.717) is 5.69 Å². The molecule has 25 heteroatoms. The molecule has 0 spiro atoms. The molecular weight excluding hydrogens is 806 g/mol. The molecule has 3 rings (SSSR count). The predicted molar refractivity (Wildman–Crippen MR) is 212 cm³/mol. The van der Waals surface area contributed by atoms with Crippen molar-refractivity contribution < 1.29 is 48.6 Å². The second kappa shape index (κ2) is 21.2. The molecule has 58 heavy (non-hydrogen) atoms. The summed E-state index contributed by atoms with van der Waals surface area (Å²) >= 11 is 7.27. The van der Waals surface area contributed by atoms with Crippen molar-refractivity contribution in [2.45, 2.75) is 36.7 Å². The van der Waals surface area contributed by atoms with E-state index in [1.165, 1.54) is 45.3 Å². The normalized spacial score (nSPS) is 12.4. The molecular formula is C33H44ClN13O10S. The number of hydrogen-bond donors (Lipinski definition) is 11. The van der Waals surface area contributed by atoms with Gasteiger partial charge in [0.1, 0.15) is 41.1 Å². The highest BCUT2D eigenvalue weighted by molar-refractivity contribution is 7.99. The molecule has 3 aromatic rings. The van der Waals surface area contributed by atoms with Crippen LogP contribution in [0.5, 0.6) is 0 Å². The lowest BCUT2D eigenvalue weighted by atomic mass is 10.1. The number of aliphatic carboxylic acids is 2. The second-order valence-corrected chi connectivity index (χ2v) is 14.2. The number of amides is 6. The number of nitrogens with one attached hydrogen (secondary N) is 7. The maximum Gasteiger partial charge on any atom is 0.322 e. The zero-order chi connectivity index (χ0) is 43.3. The van der Waals surface area contributed by atoms with Crippen molar-refractivity contribution in [1.82, 2.24) is 34.9 Å². The molecule has 3 atom stereocenters. The van der Waals surface area contributed by atoms with Crippen LogP contribution in [-0.2, 0) is 45.1 Å². The van der Waals surface area contributed by atoms with Gasteiger partial charge >= 0.3 is 11.9 Å². The van der Waals surface area contributed by atoms with Crippen molar-refractivity contribution in [3.05, 3.63) is 47.7 Å². The minimum absolute atomic E-state index is 0.0195. The third-order valence-corrected chi connectivity index (χ3v) is 9.61. The molecule has 3 heterocycles. The van der Waals surface area contributed by atoms with E-state index >= 15 is 0 Å². The van der Waals surface area contributed by atoms with E-state index in [4.69, 9.17) is 38.7 Å². The average Bonchev–Trinajstić information content (AvgIpc) is 3.83. The molecule has 13 N–H and O–H groups in total. The number of nitrogens with two attached hydrogens (primary N) is 2. The maximum atomic E-state index is 13.2. The number of halogens is 1. The van der Waals surface area contributed by atoms with Crippen LogP contribution in [0.25, 0.3) is 0 Å². The van der Waals surface area contributed by atoms with Crippen LogP contribution >= 0.6 is 23.4 Å². The summed E-state index contributed by atoms with van der Waals surface area (Å²) in [6, 6.07) is 1.65. The van der Waals surface area contributed by atoms with Gasteiger partial charge in [-0.1, -0.05) is 0 Å². The van der Waals surface area contributed by atoms with Gasteiger partial charge in [-0.05, 0) is 18.6 Å². The summed E-state index contributed by atoms with van der Waals surface area (Å²) in [6.07, 6.45) is 2.71. The topological polar surface area (TPSA) is 353 Å². The Labute approximate surface area is 339 Å². The summed E-state index contributed by atoms with van der Waals surface area (Å²) in [7, 11) is 4.68. The van der Waals surface area contributed by atoms with Crippen molar-refractivity contribution in [1.29, 1.82) is 5.41 Å². The number of hydrogen-bond acceptors (Lipinski definition) is 12. The molecule has 0 saturated carbocycles. The Morgan fingerprint density at radius 2 is 1.41 bits per heavy atom. The molecule has 0 aliphatic heterocycles. The molecule has 0 aromatic carbocycles. The van der Waals surface area contributed by atoms with Crippen molar-refractivity contribution in [2.75, 3.05) is 40.5 Å². The van der Waals surface area contributed by atoms with Crippen molar-refractivity contribution in [3.8, 4) is 0 Å². The van der Waals surface area contributed by atoms with E-state index in [1.54, 1.807) is 20.3 Å². The monoisotopic (exact) mass is 849 g/mol. The van der Waals surface area contributed by atoms with E-state index < -0.39 is 71.4 Å². The lowest BCUT2D eigenvalue weighted by Crippen LogP contribution is -2.49. The molecule has 0 bridgehead atoms. The van der Waals surface area contributed by atoms with E-state index in [-0.39, 0.29) is 71.7 Å². The number of carbonyl (C=O) groups excluding carboxylic acids is 6. The molecule has 23 nitrogen and oxygen atoms in total. The molecule has 0 aliphatic carbocycles. The summed E-state index contributed by atoms with van der Waals surface area (Å²) in [4.78, 5) is 98.4. The maximum absolute atomic E-state index is 13.2. The number of rotatable bonds is 22. The van der Waals surface area contributed by atoms with Gasteiger partial charge in [-0.3, -0.25) is 48.4 Å². The van der Waals surface area contributed by atoms with Gasteiger partial charge in [-0.25, -0.2) is 0 Å². The highest BCUT2D eigenvalue weighted by Crippen LogP contribution is 2.20. The predicted octanol–water partition coefficient (Wildman–Crippen LogP) is -1.19. The van der Waals surface area contributed by atoms with E-state index in [9.17, 15) is 38.4 Å². The Kier molecular flexibility index (Phi) is 16.8. The first kappa shape index (κ1) is 46.0. The van der Waals surface area contributed by atoms with Crippen LogP contribution in [0.2, 0.25) is 0 Å². The molecule has 3 unspecified atom stereocenters. The van der Waals surface area contributed by atoms with Crippen LogP contribution in [0.3, 0.4) is 0 Å². The van der Waals surface area contributed by atoms with Crippen molar-refractivity contribution in [2.24, 2.45) is 32.6 Å². The van der Waals surface area contributed by atoms with Gasteiger partial charge in [0.2, 0.25) is 17.7 Å². The van der Waals surface area contributed by atoms with Crippen LogP contribution in [-0.4, -0.2) is 124 Å². The van der Waals surface area contributed by atoms with Crippen molar-refractivity contribution in [3.63, 3.8) is 0 Å². The van der Waals surface area contributed by atoms with Crippen LogP contribution in [0, 0.1) is 5.41 Å². The molecule has 314 valence electrons. The Morgan fingerprint density at radius 1 is 0.828 bits per heavy atom. The summed E-state index contributed by atoms with van der Waals surface area (Å²) in [5.41, 5.74) is 11.8. The Bertz CT molecular complexity index is 2060. The number of amidine groups is 1. The summed E-state index contributed by atoms with van der Waals surface area (Å²) in [5.74, 6) is -6.76. The number of anilines is 3. The highest BCUT2D eigenvalue weighted by atomic mass is 35.5. The average molecular weight is 850 g/mol. The number of aromatic nitrogens is 4. The Morgan fingerprint density at radius 3 is 1.98 bits per heavy atom. The summed E-state index contributed by atoms with van der Waals surface area (Å²) < 4.78 is 4.21. The minimum atomic E-state index is -1.33. The van der Waals surface area contributed by atoms with Crippen molar-refractivity contribution >= 4 is 93.8 Å². The Balaban J connectivity index is 1.56. The third-order valence-electron chi connectivity index (χ3n) is 7.93. The van der Waals surface area contributed by atoms with Gasteiger partial charge < -0.3 is 62.7 Å². The lowest BCUT2D eigenvalue weighted by molar-refractivity contribution is -0.139. The zero-order valence-corrected chi connectivity index (χ0v) is 33.0. The number of thioether (sulfide) groups is 1. The molecule has 0 aliphatic rings. The van der Waals surface area contributed by atoms with Gasteiger partial charge in [0.15, 0.2) is 5.82 Å². The standard InChI is InChI=1S/C33H44ClN13O10S/c1-45-12-16(8-21(45)30(53)38-7-6-24(36)37)40-31(54)22-9-17(13-46(22)2)41-32(55)23-10-25(44-47(23)3)43-28(51)18(34)14-58-15-20(29(52)39-11-27(49)50)42-26(48)5-4-19(35)33(56)57/h8-10,12-13,18-20H,4-7,11,14-15,35H2,1-3H3,(H3,36,37)(H,38,53)(H,39,52)(H,40,54)(H,41,55)(H,42,48)(H,49,50)(H,56,57)(H,43,44,51). The first-order chi connectivity index (χ1) is 27.2. The van der Waals surface area contributed by atoms with E-state index in [0.717, 1.165) is 11.8 Å².